The van der Waals surface area contributed by atoms with Gasteiger partial charge in [-0.15, -0.1) is 0 Å². The molecule has 1 fully saturated rings. The van der Waals surface area contributed by atoms with E-state index in [1.54, 1.807) is 7.11 Å². The molecular formula is C22H29ClN2O3S. The molecule has 0 aliphatic carbocycles. The number of benzene rings is 2. The lowest BCUT2D eigenvalue weighted by atomic mass is 10.2. The van der Waals surface area contributed by atoms with Crippen LogP contribution in [0.4, 0.5) is 0 Å². The molecular weight excluding hydrogens is 408 g/mol. The zero-order chi connectivity index (χ0) is 20.5. The third-order valence-corrected chi connectivity index (χ3v) is 6.00. The van der Waals surface area contributed by atoms with Gasteiger partial charge in [0, 0.05) is 49.3 Å². The number of thioether (sulfide) groups is 1. The lowest BCUT2D eigenvalue weighted by Gasteiger charge is -2.28. The summed E-state index contributed by atoms with van der Waals surface area (Å²) in [6.45, 7) is 4.45. The van der Waals surface area contributed by atoms with Crippen molar-refractivity contribution < 1.29 is 14.6 Å². The number of ether oxygens (including phenoxy) is 2. The van der Waals surface area contributed by atoms with Gasteiger partial charge in [-0.25, -0.2) is 0 Å². The third kappa shape index (κ3) is 7.39. The van der Waals surface area contributed by atoms with Crippen molar-refractivity contribution in [3.63, 3.8) is 0 Å². The molecule has 158 valence electrons. The second kappa shape index (κ2) is 11.7. The Morgan fingerprint density at radius 1 is 1.07 bits per heavy atom. The second-order valence-corrected chi connectivity index (χ2v) is 8.75. The highest BCUT2D eigenvalue weighted by atomic mass is 35.5. The Labute approximate surface area is 182 Å². The van der Waals surface area contributed by atoms with Crippen LogP contribution in [0, 0.1) is 0 Å². The fourth-order valence-corrected chi connectivity index (χ4v) is 4.32. The molecule has 1 heterocycles. The van der Waals surface area contributed by atoms with E-state index in [9.17, 15) is 5.11 Å². The van der Waals surface area contributed by atoms with Crippen molar-refractivity contribution in [2.45, 2.75) is 19.2 Å². The number of methoxy groups -OCH3 is 1. The molecule has 1 aliphatic rings. The summed E-state index contributed by atoms with van der Waals surface area (Å²) >= 11 is 7.88. The molecule has 0 spiro atoms. The lowest BCUT2D eigenvalue weighted by Crippen LogP contribution is -2.40. The monoisotopic (exact) mass is 436 g/mol. The van der Waals surface area contributed by atoms with Crippen LogP contribution in [0.5, 0.6) is 11.5 Å². The summed E-state index contributed by atoms with van der Waals surface area (Å²) in [5.74, 6) is 3.60. The first-order chi connectivity index (χ1) is 14.1. The van der Waals surface area contributed by atoms with Crippen LogP contribution in [0.15, 0.2) is 42.5 Å². The maximum absolute atomic E-state index is 10.3. The third-order valence-electron chi connectivity index (χ3n) is 4.80. The van der Waals surface area contributed by atoms with Crippen LogP contribution in [0.3, 0.4) is 0 Å². The normalized spacial score (nSPS) is 15.8. The Morgan fingerprint density at radius 2 is 1.76 bits per heavy atom. The molecule has 0 saturated carbocycles. The van der Waals surface area contributed by atoms with Crippen molar-refractivity contribution in [2.24, 2.45) is 0 Å². The summed E-state index contributed by atoms with van der Waals surface area (Å²) in [6, 6.07) is 13.7. The first-order valence-electron chi connectivity index (χ1n) is 9.87. The molecule has 0 bridgehead atoms. The minimum Gasteiger partial charge on any atom is -0.493 e. The molecule has 29 heavy (non-hydrogen) atoms. The van der Waals surface area contributed by atoms with Gasteiger partial charge in [-0.3, -0.25) is 4.90 Å². The van der Waals surface area contributed by atoms with E-state index < -0.39 is 6.10 Å². The average molecular weight is 437 g/mol. The molecule has 2 aromatic rings. The second-order valence-electron chi connectivity index (χ2n) is 7.09. The number of aliphatic hydroxyl groups excluding tert-OH is 1. The van der Waals surface area contributed by atoms with Crippen molar-refractivity contribution >= 4 is 23.4 Å². The van der Waals surface area contributed by atoms with Gasteiger partial charge < -0.3 is 19.9 Å². The van der Waals surface area contributed by atoms with Crippen molar-refractivity contribution in [2.75, 3.05) is 44.9 Å². The standard InChI is InChI=1S/C22H29ClN2O3S/c1-27-22-12-18(14-24-13-17-2-5-19(23)6-3-17)4-7-21(22)28-16-20(26)15-25-8-10-29-11-9-25/h2-7,12,20,24,26H,8-11,13-16H2,1H3. The van der Waals surface area contributed by atoms with E-state index in [0.717, 1.165) is 48.3 Å². The van der Waals surface area contributed by atoms with Gasteiger partial charge in [0.1, 0.15) is 12.7 Å². The summed E-state index contributed by atoms with van der Waals surface area (Å²) < 4.78 is 11.3. The first kappa shape index (κ1) is 22.2. The van der Waals surface area contributed by atoms with Gasteiger partial charge in [0.05, 0.1) is 7.11 Å². The number of hydrogen-bond donors (Lipinski definition) is 2. The molecule has 2 aromatic carbocycles. The maximum atomic E-state index is 10.3. The predicted molar refractivity (Wildman–Crippen MR) is 120 cm³/mol. The van der Waals surface area contributed by atoms with Crippen LogP contribution in [0.2, 0.25) is 5.02 Å². The van der Waals surface area contributed by atoms with E-state index in [1.165, 1.54) is 5.56 Å². The largest absolute Gasteiger partial charge is 0.493 e. The number of rotatable bonds is 10. The summed E-state index contributed by atoms with van der Waals surface area (Å²) in [4.78, 5) is 2.29. The van der Waals surface area contributed by atoms with Crippen LogP contribution in [0.25, 0.3) is 0 Å². The average Bonchev–Trinajstić information content (AvgIpc) is 2.75. The molecule has 3 rings (SSSR count). The van der Waals surface area contributed by atoms with Gasteiger partial charge in [-0.05, 0) is 35.4 Å². The smallest absolute Gasteiger partial charge is 0.161 e. The van der Waals surface area contributed by atoms with E-state index in [-0.39, 0.29) is 6.61 Å². The molecule has 0 aromatic heterocycles. The Balaban J connectivity index is 1.46. The van der Waals surface area contributed by atoms with Crippen molar-refractivity contribution in [3.8, 4) is 11.5 Å². The van der Waals surface area contributed by atoms with Crippen LogP contribution >= 0.6 is 23.4 Å². The van der Waals surface area contributed by atoms with E-state index in [4.69, 9.17) is 21.1 Å². The highest BCUT2D eigenvalue weighted by molar-refractivity contribution is 7.99. The fraction of sp³-hybridized carbons (Fsp3) is 0.455. The molecule has 2 N–H and O–H groups in total. The Hall–Kier alpha value is -1.44. The summed E-state index contributed by atoms with van der Waals surface area (Å²) in [7, 11) is 1.63. The topological polar surface area (TPSA) is 54.0 Å². The number of nitrogens with one attached hydrogen (secondary N) is 1. The van der Waals surface area contributed by atoms with Crippen molar-refractivity contribution in [3.05, 3.63) is 58.6 Å². The minimum atomic E-state index is -0.511. The molecule has 1 unspecified atom stereocenters. The molecule has 5 nitrogen and oxygen atoms in total. The van der Waals surface area contributed by atoms with E-state index in [1.807, 2.05) is 54.2 Å². The molecule has 1 saturated heterocycles. The fourth-order valence-electron chi connectivity index (χ4n) is 3.22. The Bertz CT molecular complexity index is 754. The Morgan fingerprint density at radius 3 is 2.48 bits per heavy atom. The number of aliphatic hydroxyl groups is 1. The summed E-state index contributed by atoms with van der Waals surface area (Å²) in [5.41, 5.74) is 2.29. The number of nitrogens with zero attached hydrogens (tertiary/aromatic N) is 1. The quantitative estimate of drug-likeness (QED) is 0.595. The van der Waals surface area contributed by atoms with Crippen molar-refractivity contribution in [1.82, 2.24) is 10.2 Å². The Kier molecular flexibility index (Phi) is 8.95. The molecule has 7 heteroatoms. The van der Waals surface area contributed by atoms with Gasteiger partial charge in [0.25, 0.3) is 0 Å². The lowest BCUT2D eigenvalue weighted by molar-refractivity contribution is 0.0705. The highest BCUT2D eigenvalue weighted by Crippen LogP contribution is 2.28. The number of hydrogen-bond acceptors (Lipinski definition) is 6. The van der Waals surface area contributed by atoms with Gasteiger partial charge >= 0.3 is 0 Å². The minimum absolute atomic E-state index is 0.258. The highest BCUT2D eigenvalue weighted by Gasteiger charge is 2.16. The van der Waals surface area contributed by atoms with E-state index in [2.05, 4.69) is 10.2 Å². The predicted octanol–water partition coefficient (Wildman–Crippen LogP) is 3.43. The molecule has 1 atom stereocenters. The van der Waals surface area contributed by atoms with E-state index in [0.29, 0.717) is 18.0 Å². The summed E-state index contributed by atoms with van der Waals surface area (Å²) in [6.07, 6.45) is -0.511. The maximum Gasteiger partial charge on any atom is 0.161 e. The van der Waals surface area contributed by atoms with Crippen LogP contribution in [0.1, 0.15) is 11.1 Å². The zero-order valence-electron chi connectivity index (χ0n) is 16.8. The zero-order valence-corrected chi connectivity index (χ0v) is 18.3. The van der Waals surface area contributed by atoms with Crippen LogP contribution in [-0.2, 0) is 13.1 Å². The van der Waals surface area contributed by atoms with Gasteiger partial charge in [0.15, 0.2) is 11.5 Å². The number of β-amino-alcohol motifs (C(OH)–C–C–N with tert-alkyl or cyclic N) is 1. The molecule has 1 aliphatic heterocycles. The molecule has 0 amide bonds. The SMILES string of the molecule is COc1cc(CNCc2ccc(Cl)cc2)ccc1OCC(O)CN1CCSCC1. The van der Waals surface area contributed by atoms with Crippen LogP contribution < -0.4 is 14.8 Å². The first-order valence-corrected chi connectivity index (χ1v) is 11.4. The number of halogens is 1. The summed E-state index contributed by atoms with van der Waals surface area (Å²) in [5, 5.41) is 14.5. The van der Waals surface area contributed by atoms with Gasteiger partial charge in [0.2, 0.25) is 0 Å². The van der Waals surface area contributed by atoms with Gasteiger partial charge in [-0.1, -0.05) is 29.8 Å². The van der Waals surface area contributed by atoms with Gasteiger partial charge in [-0.2, -0.15) is 11.8 Å². The van der Waals surface area contributed by atoms with Crippen LogP contribution in [-0.4, -0.2) is 61.0 Å². The van der Waals surface area contributed by atoms with E-state index >= 15 is 0 Å². The van der Waals surface area contributed by atoms with Crippen molar-refractivity contribution in [1.29, 1.82) is 0 Å². The molecule has 0 radical (unpaired) electrons.